The predicted octanol–water partition coefficient (Wildman–Crippen LogP) is 4.75. The van der Waals surface area contributed by atoms with E-state index in [1.807, 2.05) is 0 Å². The molecular formula is C18H31NO. The monoisotopic (exact) mass is 277 g/mol. The number of hydrogen-bond acceptors (Lipinski definition) is 2. The van der Waals surface area contributed by atoms with Crippen LogP contribution in [-0.2, 0) is 0 Å². The second kappa shape index (κ2) is 9.82. The minimum absolute atomic E-state index is 0.557. The lowest BCUT2D eigenvalue weighted by molar-refractivity contribution is 0.294. The predicted molar refractivity (Wildman–Crippen MR) is 87.6 cm³/mol. The lowest BCUT2D eigenvalue weighted by Crippen LogP contribution is -2.29. The zero-order valence-corrected chi connectivity index (χ0v) is 13.6. The van der Waals surface area contributed by atoms with Crippen molar-refractivity contribution in [1.82, 2.24) is 5.32 Å². The Morgan fingerprint density at radius 3 is 2.65 bits per heavy atom. The smallest absolute Gasteiger partial charge is 0.119 e. The Balaban J connectivity index is 2.28. The van der Waals surface area contributed by atoms with E-state index in [2.05, 4.69) is 57.3 Å². The van der Waals surface area contributed by atoms with Crippen molar-refractivity contribution < 1.29 is 4.74 Å². The summed E-state index contributed by atoms with van der Waals surface area (Å²) in [6.07, 6.45) is 4.71. The summed E-state index contributed by atoms with van der Waals surface area (Å²) in [4.78, 5) is 0. The second-order valence-electron chi connectivity index (χ2n) is 5.78. The van der Waals surface area contributed by atoms with E-state index in [0.29, 0.717) is 12.0 Å². The summed E-state index contributed by atoms with van der Waals surface area (Å²) in [7, 11) is 0. The minimum Gasteiger partial charge on any atom is -0.494 e. The maximum atomic E-state index is 5.87. The molecule has 0 aliphatic rings. The van der Waals surface area contributed by atoms with Crippen molar-refractivity contribution in [3.8, 4) is 5.75 Å². The molecule has 0 saturated heterocycles. The number of hydrogen-bond donors (Lipinski definition) is 1. The fraction of sp³-hybridized carbons (Fsp3) is 0.667. The average molecular weight is 277 g/mol. The summed E-state index contributed by atoms with van der Waals surface area (Å²) in [5, 5.41) is 3.59. The van der Waals surface area contributed by atoms with Crippen molar-refractivity contribution in [3.63, 3.8) is 0 Å². The van der Waals surface area contributed by atoms with Crippen molar-refractivity contribution in [3.05, 3.63) is 29.8 Å². The van der Waals surface area contributed by atoms with Crippen LogP contribution in [-0.4, -0.2) is 19.2 Å². The van der Waals surface area contributed by atoms with Gasteiger partial charge in [0.25, 0.3) is 0 Å². The molecular weight excluding hydrogens is 246 g/mol. The Morgan fingerprint density at radius 2 is 2.00 bits per heavy atom. The van der Waals surface area contributed by atoms with Gasteiger partial charge in [-0.05, 0) is 55.8 Å². The SMILES string of the molecule is CCCNC(CC)CCCOc1cccc(C(C)C)c1. The molecule has 1 aromatic rings. The zero-order valence-electron chi connectivity index (χ0n) is 13.6. The molecule has 0 aromatic heterocycles. The van der Waals surface area contributed by atoms with Crippen LogP contribution in [0.5, 0.6) is 5.75 Å². The lowest BCUT2D eigenvalue weighted by Gasteiger charge is -2.16. The quantitative estimate of drug-likeness (QED) is 0.623. The summed E-state index contributed by atoms with van der Waals surface area (Å²) in [6, 6.07) is 9.11. The summed E-state index contributed by atoms with van der Waals surface area (Å²) in [5.74, 6) is 1.56. The fourth-order valence-electron chi connectivity index (χ4n) is 2.28. The van der Waals surface area contributed by atoms with Gasteiger partial charge in [-0.15, -0.1) is 0 Å². The van der Waals surface area contributed by atoms with Crippen LogP contribution in [0.3, 0.4) is 0 Å². The van der Waals surface area contributed by atoms with E-state index in [1.165, 1.54) is 24.8 Å². The Kier molecular flexibility index (Phi) is 8.36. The van der Waals surface area contributed by atoms with E-state index in [-0.39, 0.29) is 0 Å². The third-order valence-corrected chi connectivity index (χ3v) is 3.67. The Bertz CT molecular complexity index is 362. The van der Waals surface area contributed by atoms with Crippen LogP contribution in [0, 0.1) is 0 Å². The van der Waals surface area contributed by atoms with E-state index in [0.717, 1.165) is 25.3 Å². The Morgan fingerprint density at radius 1 is 1.20 bits per heavy atom. The maximum Gasteiger partial charge on any atom is 0.119 e. The number of nitrogens with one attached hydrogen (secondary N) is 1. The van der Waals surface area contributed by atoms with Gasteiger partial charge < -0.3 is 10.1 Å². The minimum atomic E-state index is 0.557. The van der Waals surface area contributed by atoms with E-state index in [4.69, 9.17) is 4.74 Å². The standard InChI is InChI=1S/C18H31NO/c1-5-12-19-17(6-2)10-8-13-20-18-11-7-9-16(14-18)15(3)4/h7,9,11,14-15,17,19H,5-6,8,10,12-13H2,1-4H3. The number of ether oxygens (including phenoxy) is 1. The molecule has 0 saturated carbocycles. The summed E-state index contributed by atoms with van der Waals surface area (Å²) in [6.45, 7) is 10.8. The Labute approximate surface area is 124 Å². The third-order valence-electron chi connectivity index (χ3n) is 3.67. The van der Waals surface area contributed by atoms with Crippen LogP contribution in [0.1, 0.15) is 64.9 Å². The van der Waals surface area contributed by atoms with E-state index < -0.39 is 0 Å². The topological polar surface area (TPSA) is 21.3 Å². The van der Waals surface area contributed by atoms with Gasteiger partial charge in [0.15, 0.2) is 0 Å². The molecule has 0 bridgehead atoms. The first-order valence-corrected chi connectivity index (χ1v) is 8.13. The van der Waals surface area contributed by atoms with Crippen molar-refractivity contribution in [2.24, 2.45) is 0 Å². The van der Waals surface area contributed by atoms with Crippen LogP contribution in [0.25, 0.3) is 0 Å². The molecule has 114 valence electrons. The fourth-order valence-corrected chi connectivity index (χ4v) is 2.28. The molecule has 1 unspecified atom stereocenters. The molecule has 0 spiro atoms. The average Bonchev–Trinajstić information content (AvgIpc) is 2.47. The van der Waals surface area contributed by atoms with Crippen LogP contribution >= 0.6 is 0 Å². The van der Waals surface area contributed by atoms with Gasteiger partial charge in [0.2, 0.25) is 0 Å². The highest BCUT2D eigenvalue weighted by molar-refractivity contribution is 5.30. The molecule has 0 aliphatic heterocycles. The van der Waals surface area contributed by atoms with E-state index in [1.54, 1.807) is 0 Å². The summed E-state index contributed by atoms with van der Waals surface area (Å²) in [5.41, 5.74) is 1.35. The van der Waals surface area contributed by atoms with Crippen molar-refractivity contribution in [2.45, 2.75) is 65.3 Å². The maximum absolute atomic E-state index is 5.87. The van der Waals surface area contributed by atoms with Crippen molar-refractivity contribution in [1.29, 1.82) is 0 Å². The van der Waals surface area contributed by atoms with Crippen LogP contribution in [0.4, 0.5) is 0 Å². The van der Waals surface area contributed by atoms with Gasteiger partial charge in [0.1, 0.15) is 5.75 Å². The van der Waals surface area contributed by atoms with Crippen molar-refractivity contribution >= 4 is 0 Å². The van der Waals surface area contributed by atoms with Crippen molar-refractivity contribution in [2.75, 3.05) is 13.2 Å². The summed E-state index contributed by atoms with van der Waals surface area (Å²) < 4.78 is 5.87. The molecule has 20 heavy (non-hydrogen) atoms. The zero-order chi connectivity index (χ0) is 14.8. The third kappa shape index (κ3) is 6.42. The molecule has 0 radical (unpaired) electrons. The molecule has 2 heteroatoms. The molecule has 1 rings (SSSR count). The highest BCUT2D eigenvalue weighted by Gasteiger charge is 2.05. The van der Waals surface area contributed by atoms with Crippen LogP contribution < -0.4 is 10.1 Å². The first-order valence-electron chi connectivity index (χ1n) is 8.13. The molecule has 0 amide bonds. The van der Waals surface area contributed by atoms with E-state index in [9.17, 15) is 0 Å². The highest BCUT2D eigenvalue weighted by atomic mass is 16.5. The Hall–Kier alpha value is -1.02. The molecule has 1 aromatic carbocycles. The molecule has 1 atom stereocenters. The highest BCUT2D eigenvalue weighted by Crippen LogP contribution is 2.20. The number of rotatable bonds is 10. The molecule has 1 N–H and O–H groups in total. The van der Waals surface area contributed by atoms with Gasteiger partial charge in [0.05, 0.1) is 6.61 Å². The molecule has 2 nitrogen and oxygen atoms in total. The van der Waals surface area contributed by atoms with Gasteiger partial charge in [-0.1, -0.05) is 39.8 Å². The van der Waals surface area contributed by atoms with Gasteiger partial charge in [-0.25, -0.2) is 0 Å². The molecule has 0 aliphatic carbocycles. The lowest BCUT2D eigenvalue weighted by atomic mass is 10.0. The van der Waals surface area contributed by atoms with Crippen LogP contribution in [0.2, 0.25) is 0 Å². The molecule has 0 heterocycles. The van der Waals surface area contributed by atoms with E-state index >= 15 is 0 Å². The van der Waals surface area contributed by atoms with Crippen LogP contribution in [0.15, 0.2) is 24.3 Å². The molecule has 0 fully saturated rings. The van der Waals surface area contributed by atoms with Gasteiger partial charge in [0, 0.05) is 6.04 Å². The van der Waals surface area contributed by atoms with Gasteiger partial charge >= 0.3 is 0 Å². The summed E-state index contributed by atoms with van der Waals surface area (Å²) >= 11 is 0. The second-order valence-corrected chi connectivity index (χ2v) is 5.78. The largest absolute Gasteiger partial charge is 0.494 e. The van der Waals surface area contributed by atoms with Gasteiger partial charge in [-0.3, -0.25) is 0 Å². The normalized spacial score (nSPS) is 12.7. The first-order chi connectivity index (χ1) is 9.67. The number of benzene rings is 1. The first kappa shape index (κ1) is 17.0. The van der Waals surface area contributed by atoms with Gasteiger partial charge in [-0.2, -0.15) is 0 Å².